The van der Waals surface area contributed by atoms with Crippen molar-refractivity contribution in [1.29, 1.82) is 0 Å². The molecule has 0 aliphatic heterocycles. The Bertz CT molecular complexity index is 811. The summed E-state index contributed by atoms with van der Waals surface area (Å²) in [6.07, 6.45) is 1.78. The summed E-state index contributed by atoms with van der Waals surface area (Å²) in [6.45, 7) is 3.45. The molecule has 0 fully saturated rings. The van der Waals surface area contributed by atoms with E-state index in [4.69, 9.17) is 9.47 Å². The van der Waals surface area contributed by atoms with Crippen molar-refractivity contribution in [2.75, 3.05) is 12.4 Å². The molecule has 0 saturated heterocycles. The number of hydrogen-bond donors (Lipinski definition) is 2. The van der Waals surface area contributed by atoms with E-state index in [1.54, 1.807) is 24.3 Å². The number of aryl methyl sites for hydroxylation is 1. The van der Waals surface area contributed by atoms with Gasteiger partial charge in [-0.05, 0) is 49.8 Å². The summed E-state index contributed by atoms with van der Waals surface area (Å²) < 4.78 is 10.1. The molecule has 2 aromatic rings. The fourth-order valence-corrected chi connectivity index (χ4v) is 2.11. The number of carbonyl (C=O) groups is 2. The number of rotatable bonds is 6. The lowest BCUT2D eigenvalue weighted by Crippen LogP contribution is -2.29. The van der Waals surface area contributed by atoms with Gasteiger partial charge in [0.2, 0.25) is 0 Å². The predicted molar refractivity (Wildman–Crippen MR) is 99.1 cm³/mol. The van der Waals surface area contributed by atoms with E-state index in [-0.39, 0.29) is 5.75 Å². The molecule has 0 spiro atoms. The number of amides is 1. The van der Waals surface area contributed by atoms with E-state index in [1.807, 2.05) is 19.1 Å². The van der Waals surface area contributed by atoms with E-state index >= 15 is 0 Å². The highest BCUT2D eigenvalue weighted by molar-refractivity contribution is 5.96. The van der Waals surface area contributed by atoms with E-state index in [2.05, 4.69) is 5.32 Å². The highest BCUT2D eigenvalue weighted by atomic mass is 16.5. The molecule has 6 heteroatoms. The van der Waals surface area contributed by atoms with Gasteiger partial charge in [0.25, 0.3) is 5.91 Å². The molecule has 0 unspecified atom stereocenters. The Hall–Kier alpha value is -3.28. The predicted octanol–water partition coefficient (Wildman–Crippen LogP) is 3.29. The SMILES string of the molecule is COc1cc(/C=C/C(=O)O[C@@H](C)C(=O)Nc2ccc(C)cc2)ccc1O. The molecule has 0 radical (unpaired) electrons. The number of carbonyl (C=O) groups excluding carboxylic acids is 2. The van der Waals surface area contributed by atoms with E-state index < -0.39 is 18.0 Å². The zero-order valence-corrected chi connectivity index (χ0v) is 14.9. The fourth-order valence-electron chi connectivity index (χ4n) is 2.11. The molecular weight excluding hydrogens is 334 g/mol. The molecule has 2 rings (SSSR count). The van der Waals surface area contributed by atoms with Crippen LogP contribution >= 0.6 is 0 Å². The quantitative estimate of drug-likeness (QED) is 0.613. The third kappa shape index (κ3) is 5.37. The molecule has 6 nitrogen and oxygen atoms in total. The summed E-state index contributed by atoms with van der Waals surface area (Å²) in [5.74, 6) is -0.759. The van der Waals surface area contributed by atoms with Crippen LogP contribution in [0.25, 0.3) is 6.08 Å². The summed E-state index contributed by atoms with van der Waals surface area (Å²) in [5, 5.41) is 12.2. The van der Waals surface area contributed by atoms with Crippen LogP contribution in [0.3, 0.4) is 0 Å². The lowest BCUT2D eigenvalue weighted by Gasteiger charge is -2.12. The van der Waals surface area contributed by atoms with Crippen LogP contribution in [0, 0.1) is 6.92 Å². The van der Waals surface area contributed by atoms with Crippen molar-refractivity contribution in [3.05, 3.63) is 59.7 Å². The number of nitrogens with one attached hydrogen (secondary N) is 1. The summed E-state index contributed by atoms with van der Waals surface area (Å²) in [7, 11) is 1.44. The van der Waals surface area contributed by atoms with E-state index in [0.29, 0.717) is 17.0 Å². The first-order valence-electron chi connectivity index (χ1n) is 8.02. The van der Waals surface area contributed by atoms with Crippen molar-refractivity contribution < 1.29 is 24.2 Å². The van der Waals surface area contributed by atoms with Gasteiger partial charge in [-0.3, -0.25) is 4.79 Å². The second kappa shape index (κ2) is 8.71. The maximum absolute atomic E-state index is 12.1. The van der Waals surface area contributed by atoms with Crippen LogP contribution in [-0.2, 0) is 14.3 Å². The Kier molecular flexibility index (Phi) is 6.38. The fraction of sp³-hybridized carbons (Fsp3) is 0.200. The summed E-state index contributed by atoms with van der Waals surface area (Å²) in [6, 6.07) is 12.0. The smallest absolute Gasteiger partial charge is 0.331 e. The van der Waals surface area contributed by atoms with Crippen molar-refractivity contribution in [1.82, 2.24) is 0 Å². The Morgan fingerprint density at radius 1 is 1.15 bits per heavy atom. The molecular formula is C20H21NO5. The van der Waals surface area contributed by atoms with Crippen LogP contribution in [0.1, 0.15) is 18.1 Å². The number of hydrogen-bond acceptors (Lipinski definition) is 5. The molecule has 0 aliphatic carbocycles. The number of phenols is 1. The number of methoxy groups -OCH3 is 1. The normalized spacial score (nSPS) is 11.8. The molecule has 26 heavy (non-hydrogen) atoms. The molecule has 2 N–H and O–H groups in total. The number of benzene rings is 2. The van der Waals surface area contributed by atoms with Crippen LogP contribution in [0.4, 0.5) is 5.69 Å². The zero-order chi connectivity index (χ0) is 19.1. The lowest BCUT2D eigenvalue weighted by molar-refractivity contribution is -0.148. The van der Waals surface area contributed by atoms with Crippen LogP contribution in [0.15, 0.2) is 48.5 Å². The van der Waals surface area contributed by atoms with E-state index in [1.165, 1.54) is 32.3 Å². The van der Waals surface area contributed by atoms with Gasteiger partial charge in [0, 0.05) is 11.8 Å². The molecule has 0 bridgehead atoms. The number of aromatic hydroxyl groups is 1. The first-order chi connectivity index (χ1) is 12.4. The van der Waals surface area contributed by atoms with Crippen LogP contribution in [0.5, 0.6) is 11.5 Å². The third-order valence-electron chi connectivity index (χ3n) is 3.60. The van der Waals surface area contributed by atoms with Gasteiger partial charge in [-0.2, -0.15) is 0 Å². The maximum Gasteiger partial charge on any atom is 0.331 e. The molecule has 136 valence electrons. The molecule has 0 aliphatic rings. The van der Waals surface area contributed by atoms with E-state index in [9.17, 15) is 14.7 Å². The first-order valence-corrected chi connectivity index (χ1v) is 8.02. The van der Waals surface area contributed by atoms with Crippen molar-refractivity contribution in [2.24, 2.45) is 0 Å². The Balaban J connectivity index is 1.91. The monoisotopic (exact) mass is 355 g/mol. The third-order valence-corrected chi connectivity index (χ3v) is 3.60. The Morgan fingerprint density at radius 3 is 2.50 bits per heavy atom. The van der Waals surface area contributed by atoms with Crippen molar-refractivity contribution in [3.63, 3.8) is 0 Å². The van der Waals surface area contributed by atoms with Crippen LogP contribution < -0.4 is 10.1 Å². The molecule has 2 aromatic carbocycles. The van der Waals surface area contributed by atoms with Gasteiger partial charge in [0.05, 0.1) is 7.11 Å². The molecule has 0 heterocycles. The highest BCUT2D eigenvalue weighted by Gasteiger charge is 2.16. The van der Waals surface area contributed by atoms with Crippen LogP contribution in [0.2, 0.25) is 0 Å². The van der Waals surface area contributed by atoms with E-state index in [0.717, 1.165) is 5.56 Å². The van der Waals surface area contributed by atoms with Crippen molar-refractivity contribution in [2.45, 2.75) is 20.0 Å². The molecule has 0 saturated carbocycles. The zero-order valence-electron chi connectivity index (χ0n) is 14.9. The van der Waals surface area contributed by atoms with Gasteiger partial charge >= 0.3 is 5.97 Å². The number of phenolic OH excluding ortho intramolecular Hbond substituents is 1. The Morgan fingerprint density at radius 2 is 1.85 bits per heavy atom. The second-order valence-electron chi connectivity index (χ2n) is 5.70. The van der Waals surface area contributed by atoms with Gasteiger partial charge in [0.1, 0.15) is 0 Å². The average Bonchev–Trinajstić information content (AvgIpc) is 2.62. The summed E-state index contributed by atoms with van der Waals surface area (Å²) >= 11 is 0. The summed E-state index contributed by atoms with van der Waals surface area (Å²) in [4.78, 5) is 24.0. The first kappa shape index (κ1) is 19.1. The van der Waals surface area contributed by atoms with Crippen molar-refractivity contribution >= 4 is 23.6 Å². The maximum atomic E-state index is 12.1. The summed E-state index contributed by atoms with van der Waals surface area (Å²) in [5.41, 5.74) is 2.36. The molecule has 0 aromatic heterocycles. The Labute approximate surface area is 152 Å². The standard InChI is InChI=1S/C20H21NO5/c1-13-4-8-16(9-5-13)21-20(24)14(2)26-19(23)11-7-15-6-10-17(22)18(12-15)25-3/h4-12,14,22H,1-3H3,(H,21,24)/b11-7+/t14-/m0/s1. The van der Waals surface area contributed by atoms with Gasteiger partial charge in [0.15, 0.2) is 17.6 Å². The lowest BCUT2D eigenvalue weighted by atomic mass is 10.2. The van der Waals surface area contributed by atoms with Gasteiger partial charge in [-0.25, -0.2) is 4.79 Å². The number of ether oxygens (including phenoxy) is 2. The van der Waals surface area contributed by atoms with Gasteiger partial charge < -0.3 is 19.9 Å². The largest absolute Gasteiger partial charge is 0.504 e. The molecule has 1 atom stereocenters. The average molecular weight is 355 g/mol. The molecule has 1 amide bonds. The minimum absolute atomic E-state index is 0.00799. The van der Waals surface area contributed by atoms with Crippen LogP contribution in [-0.4, -0.2) is 30.2 Å². The van der Waals surface area contributed by atoms with Crippen molar-refractivity contribution in [3.8, 4) is 11.5 Å². The number of anilines is 1. The topological polar surface area (TPSA) is 84.9 Å². The van der Waals surface area contributed by atoms with Gasteiger partial charge in [-0.1, -0.05) is 23.8 Å². The highest BCUT2D eigenvalue weighted by Crippen LogP contribution is 2.26. The minimum Gasteiger partial charge on any atom is -0.504 e. The minimum atomic E-state index is -0.942. The number of esters is 1. The van der Waals surface area contributed by atoms with Gasteiger partial charge in [-0.15, -0.1) is 0 Å². The second-order valence-corrected chi connectivity index (χ2v) is 5.70.